The van der Waals surface area contributed by atoms with E-state index in [0.29, 0.717) is 48.6 Å². The van der Waals surface area contributed by atoms with Crippen LogP contribution in [0.2, 0.25) is 0 Å². The number of hydrogen-bond acceptors (Lipinski definition) is 12. The normalized spacial score (nSPS) is 23.7. The van der Waals surface area contributed by atoms with Gasteiger partial charge in [-0.3, -0.25) is 14.9 Å². The monoisotopic (exact) mass is 874 g/mol. The largest absolute Gasteiger partial charge is 0.460 e. The fourth-order valence-electron chi connectivity index (χ4n) is 9.00. The minimum absolute atomic E-state index is 0.00961. The van der Waals surface area contributed by atoms with E-state index in [0.717, 1.165) is 24.0 Å². The van der Waals surface area contributed by atoms with Gasteiger partial charge in [-0.15, -0.1) is 6.58 Å². The molecular weight excluding hydrogens is 817 g/mol. The molecule has 6 rings (SSSR count). The summed E-state index contributed by atoms with van der Waals surface area (Å²) >= 11 is 0. The first-order valence-corrected chi connectivity index (χ1v) is 22.5. The number of carbonyl (C=O) groups is 1. The maximum atomic E-state index is 14.8. The van der Waals surface area contributed by atoms with Crippen LogP contribution < -0.4 is 14.8 Å². The first kappa shape index (κ1) is 46.4. The van der Waals surface area contributed by atoms with Crippen molar-refractivity contribution >= 4 is 33.0 Å². The van der Waals surface area contributed by atoms with Crippen molar-refractivity contribution in [2.24, 2.45) is 22.9 Å². The summed E-state index contributed by atoms with van der Waals surface area (Å²) < 4.78 is 51.3. The Hall–Kier alpha value is -5.13. The third kappa shape index (κ3) is 10.1. The van der Waals surface area contributed by atoms with Crippen LogP contribution in [0.15, 0.2) is 101 Å². The van der Waals surface area contributed by atoms with Crippen LogP contribution in [0.5, 0.6) is 17.2 Å². The third-order valence-electron chi connectivity index (χ3n) is 11.6. The molecule has 0 bridgehead atoms. The Morgan fingerprint density at radius 3 is 2.39 bits per heavy atom. The summed E-state index contributed by atoms with van der Waals surface area (Å²) in [5.41, 5.74) is 1.74. The number of fused-ring (bicyclic) bond motifs is 2. The smallest absolute Gasteiger partial charge is 0.273 e. The number of nitrogens with one attached hydrogen (secondary N) is 1. The fraction of sp³-hybridized carbons (Fsp3) is 0.478. The van der Waals surface area contributed by atoms with E-state index >= 15 is 0 Å². The van der Waals surface area contributed by atoms with E-state index in [-0.39, 0.29) is 60.3 Å². The number of hydrogen-bond donors (Lipinski definition) is 3. The zero-order chi connectivity index (χ0) is 44.8. The van der Waals surface area contributed by atoms with Crippen molar-refractivity contribution in [3.63, 3.8) is 0 Å². The molecule has 62 heavy (non-hydrogen) atoms. The number of anilines is 1. The second-order valence-electron chi connectivity index (χ2n) is 17.1. The topological polar surface area (TPSA) is 199 Å². The highest BCUT2D eigenvalue weighted by Gasteiger charge is 2.65. The zero-order valence-electron chi connectivity index (χ0n) is 36.0. The van der Waals surface area contributed by atoms with Gasteiger partial charge in [-0.1, -0.05) is 36.2 Å². The molecule has 334 valence electrons. The van der Waals surface area contributed by atoms with E-state index < -0.39 is 44.2 Å². The summed E-state index contributed by atoms with van der Waals surface area (Å²) in [4.78, 5) is 29.0. The molecule has 3 aliphatic rings. The summed E-state index contributed by atoms with van der Waals surface area (Å²) in [7, 11) is -2.77. The Balaban J connectivity index is 1.59. The number of nitro groups is 1. The van der Waals surface area contributed by atoms with Crippen molar-refractivity contribution < 1.29 is 47.4 Å². The highest BCUT2D eigenvalue weighted by Crippen LogP contribution is 2.62. The number of nitrogens with zero attached hydrogens (tertiary/aromatic N) is 3. The highest BCUT2D eigenvalue weighted by molar-refractivity contribution is 7.89. The molecule has 0 saturated heterocycles. The molecule has 1 heterocycles. The Labute approximate surface area is 363 Å². The van der Waals surface area contributed by atoms with Crippen molar-refractivity contribution in [1.82, 2.24) is 4.31 Å². The number of nitro benzene ring substituents is 1. The molecule has 1 aliphatic heterocycles. The number of ether oxygens (including phenoxy) is 3. The molecule has 3 N–H and O–H groups in total. The van der Waals surface area contributed by atoms with Crippen molar-refractivity contribution in [1.29, 1.82) is 0 Å². The van der Waals surface area contributed by atoms with Crippen LogP contribution in [0.25, 0.3) is 0 Å². The van der Waals surface area contributed by atoms with Gasteiger partial charge in [-0.25, -0.2) is 8.42 Å². The van der Waals surface area contributed by atoms with Crippen LogP contribution in [0.3, 0.4) is 0 Å². The summed E-state index contributed by atoms with van der Waals surface area (Å²) in [6.07, 6.45) is 7.89. The number of sulfonamides is 1. The average Bonchev–Trinajstić information content (AvgIpc) is 3.23. The van der Waals surface area contributed by atoms with E-state index in [1.54, 1.807) is 30.3 Å². The van der Waals surface area contributed by atoms with Crippen molar-refractivity contribution in [2.75, 3.05) is 32.2 Å². The van der Waals surface area contributed by atoms with Crippen molar-refractivity contribution in [2.45, 2.75) is 101 Å². The van der Waals surface area contributed by atoms with E-state index in [1.807, 2.05) is 26.8 Å². The molecule has 6 atom stereocenters. The molecule has 3 aromatic carbocycles. The molecule has 15 nitrogen and oxygen atoms in total. The Morgan fingerprint density at radius 1 is 1.05 bits per heavy atom. The maximum Gasteiger partial charge on any atom is 0.273 e. The van der Waals surface area contributed by atoms with Crippen LogP contribution >= 0.6 is 0 Å². The molecule has 0 spiro atoms. The van der Waals surface area contributed by atoms with E-state index in [2.05, 4.69) is 18.0 Å². The van der Waals surface area contributed by atoms with E-state index in [1.165, 1.54) is 54.7 Å². The van der Waals surface area contributed by atoms with Crippen LogP contribution in [-0.2, 0) is 24.4 Å². The quantitative estimate of drug-likeness (QED) is 0.0455. The summed E-state index contributed by atoms with van der Waals surface area (Å²) in [6.45, 7) is 11.0. The number of amides is 1. The lowest BCUT2D eigenvalue weighted by Gasteiger charge is -2.59. The second-order valence-corrected chi connectivity index (χ2v) is 19.1. The number of carbonyl (C=O) groups excluding carboxylic acids is 1. The predicted octanol–water partition coefficient (Wildman–Crippen LogP) is 8.10. The molecule has 0 aromatic heterocycles. The fourth-order valence-corrected chi connectivity index (χ4v) is 10.4. The molecule has 0 unspecified atom stereocenters. The first-order chi connectivity index (χ1) is 29.5. The Kier molecular flexibility index (Phi) is 14.6. The summed E-state index contributed by atoms with van der Waals surface area (Å²) in [5, 5.41) is 38.9. The maximum absolute atomic E-state index is 14.8. The van der Waals surface area contributed by atoms with Gasteiger partial charge < -0.3 is 34.6 Å². The zero-order valence-corrected chi connectivity index (χ0v) is 36.8. The standard InChI is InChI=1S/C46H58N4O11S/c1-7-25-58-46-42(49(6)62(56,57)36-20-17-32(18-21-36)47-30(2)53)29-40(48-61-45(3,4)5)38-26-31(13-8-10-23-51)37(16-9-11-24-52)43(44(38)46)39-28-35(19-22-41(39)60-46)59-34-15-12-14-33(27-34)50(54)55/h7,12,14-15,17-22,26-28,31,37,42-44,51-52H,1,8-11,13,16,23-25,29H2,2-6H3,(H,47,53)/t31-,37+,42-,43+,44+,46+/m0/s1. The molecule has 1 amide bonds. The number of aliphatic hydroxyl groups is 2. The lowest BCUT2D eigenvalue weighted by molar-refractivity contribution is -0.384. The average molecular weight is 875 g/mol. The number of allylic oxidation sites excluding steroid dienone is 1. The second kappa shape index (κ2) is 19.5. The first-order valence-electron chi connectivity index (χ1n) is 21.1. The number of unbranched alkanes of at least 4 members (excludes halogenated alkanes) is 2. The molecule has 1 fully saturated rings. The Bertz CT molecular complexity index is 2270. The summed E-state index contributed by atoms with van der Waals surface area (Å²) in [5.74, 6) is -2.01. The van der Waals surface area contributed by atoms with Gasteiger partial charge >= 0.3 is 0 Å². The number of aliphatic hydroxyl groups excluding tert-OH is 2. The number of oxime groups is 1. The SMILES string of the molecule is C=CCO[C@@]12Oc3ccc(Oc4cccc([N+](=O)[O-])c4)cc3[C@H]3[C@H](CCCCO)[C@@H](CCCCO)C=C(C(=NOC(C)(C)C)C[C@@H]1N(C)S(=O)(=O)c1ccc(NC(C)=O)cc1)[C@H]32. The van der Waals surface area contributed by atoms with E-state index in [9.17, 15) is 33.5 Å². The summed E-state index contributed by atoms with van der Waals surface area (Å²) in [6, 6.07) is 16.2. The minimum atomic E-state index is -4.27. The third-order valence-corrected chi connectivity index (χ3v) is 13.5. The van der Waals surface area contributed by atoms with Gasteiger partial charge in [0.05, 0.1) is 40.2 Å². The van der Waals surface area contributed by atoms with Gasteiger partial charge in [0.25, 0.3) is 5.69 Å². The molecular formula is C46H58N4O11S. The van der Waals surface area contributed by atoms with E-state index in [4.69, 9.17) is 24.2 Å². The van der Waals surface area contributed by atoms with Crippen molar-refractivity contribution in [3.8, 4) is 17.2 Å². The number of benzene rings is 3. The van der Waals surface area contributed by atoms with Crippen LogP contribution in [0, 0.1) is 27.9 Å². The van der Waals surface area contributed by atoms with Crippen LogP contribution in [-0.4, -0.2) is 83.8 Å². The lowest BCUT2D eigenvalue weighted by Crippen LogP contribution is -2.69. The molecule has 16 heteroatoms. The van der Waals surface area contributed by atoms with Crippen LogP contribution in [0.1, 0.15) is 84.1 Å². The lowest BCUT2D eigenvalue weighted by atomic mass is 9.55. The number of likely N-dealkylation sites (N-methyl/N-ethyl adjacent to an activating group) is 1. The highest BCUT2D eigenvalue weighted by atomic mass is 32.2. The number of rotatable bonds is 19. The van der Waals surface area contributed by atoms with Gasteiger partial charge in [0.1, 0.15) is 22.8 Å². The van der Waals surface area contributed by atoms with Gasteiger partial charge in [0, 0.05) is 56.8 Å². The molecule has 2 aliphatic carbocycles. The van der Waals surface area contributed by atoms with Gasteiger partial charge in [-0.05, 0) is 112 Å². The minimum Gasteiger partial charge on any atom is -0.460 e. The predicted molar refractivity (Wildman–Crippen MR) is 235 cm³/mol. The molecule has 0 radical (unpaired) electrons. The number of non-ortho nitro benzene ring substituents is 1. The van der Waals surface area contributed by atoms with Gasteiger partial charge in [0.2, 0.25) is 21.7 Å². The van der Waals surface area contributed by atoms with Gasteiger partial charge in [0.15, 0.2) is 0 Å². The Morgan fingerprint density at radius 2 is 1.74 bits per heavy atom. The van der Waals surface area contributed by atoms with Gasteiger partial charge in [-0.2, -0.15) is 4.31 Å². The molecule has 1 saturated carbocycles. The molecule has 3 aromatic rings. The van der Waals surface area contributed by atoms with Crippen LogP contribution in [0.4, 0.5) is 11.4 Å². The van der Waals surface area contributed by atoms with Crippen molar-refractivity contribution in [3.05, 3.63) is 107 Å².